The summed E-state index contributed by atoms with van der Waals surface area (Å²) < 4.78 is 0. The molecule has 2 aromatic carbocycles. The molecule has 3 amide bonds. The number of urea groups is 1. The van der Waals surface area contributed by atoms with E-state index in [4.69, 9.17) is 11.6 Å². The maximum Gasteiger partial charge on any atom is 0.322 e. The Bertz CT molecular complexity index is 1130. The standard InChI is InChI=1S/C22H22ClN5O2S/c1-13-8-9-14(2)17(11-13)25-22(30)28-10-4-7-18(28)20-26-27-21(31-20)19(29)24-16-6-3-5-15(23)12-16/h3,5-6,8-9,11-12,18H,4,7,10H2,1-2H3,(H,24,29)(H,25,30). The van der Waals surface area contributed by atoms with Gasteiger partial charge in [0.1, 0.15) is 5.01 Å². The molecule has 9 heteroatoms. The largest absolute Gasteiger partial charge is 0.322 e. The Morgan fingerprint density at radius 3 is 2.77 bits per heavy atom. The van der Waals surface area contributed by atoms with Crippen LogP contribution < -0.4 is 10.6 Å². The minimum atomic E-state index is -0.351. The molecule has 4 rings (SSSR count). The lowest BCUT2D eigenvalue weighted by Gasteiger charge is -2.23. The fraction of sp³-hybridized carbons (Fsp3) is 0.273. The van der Waals surface area contributed by atoms with Crippen molar-refractivity contribution in [3.8, 4) is 0 Å². The van der Waals surface area contributed by atoms with Crippen molar-refractivity contribution < 1.29 is 9.59 Å². The lowest BCUT2D eigenvalue weighted by atomic mass is 10.1. The van der Waals surface area contributed by atoms with Crippen LogP contribution in [0.5, 0.6) is 0 Å². The first-order chi connectivity index (χ1) is 14.9. The summed E-state index contributed by atoms with van der Waals surface area (Å²) >= 11 is 7.17. The molecule has 31 heavy (non-hydrogen) atoms. The Labute approximate surface area is 189 Å². The summed E-state index contributed by atoms with van der Waals surface area (Å²) in [4.78, 5) is 27.3. The van der Waals surface area contributed by atoms with E-state index >= 15 is 0 Å². The summed E-state index contributed by atoms with van der Waals surface area (Å²) in [5.74, 6) is -0.351. The number of aryl methyl sites for hydroxylation is 2. The van der Waals surface area contributed by atoms with Crippen LogP contribution in [0.1, 0.15) is 44.8 Å². The van der Waals surface area contributed by atoms with E-state index in [1.165, 1.54) is 11.3 Å². The Morgan fingerprint density at radius 1 is 1.13 bits per heavy atom. The molecule has 2 N–H and O–H groups in total. The van der Waals surface area contributed by atoms with Gasteiger partial charge < -0.3 is 15.5 Å². The van der Waals surface area contributed by atoms with Gasteiger partial charge in [0.2, 0.25) is 5.01 Å². The van der Waals surface area contributed by atoms with Gasteiger partial charge in [0, 0.05) is 22.9 Å². The number of halogens is 1. The second kappa shape index (κ2) is 9.03. The van der Waals surface area contributed by atoms with Crippen LogP contribution in [0.4, 0.5) is 16.2 Å². The van der Waals surface area contributed by atoms with Crippen molar-refractivity contribution in [3.63, 3.8) is 0 Å². The third-order valence-corrected chi connectivity index (χ3v) is 6.41. The summed E-state index contributed by atoms with van der Waals surface area (Å²) in [7, 11) is 0. The number of rotatable bonds is 4. The highest BCUT2D eigenvalue weighted by atomic mass is 35.5. The Morgan fingerprint density at radius 2 is 1.97 bits per heavy atom. The first-order valence-corrected chi connectivity index (χ1v) is 11.2. The number of nitrogens with zero attached hydrogens (tertiary/aromatic N) is 3. The number of carbonyl (C=O) groups is 2. The molecule has 1 saturated heterocycles. The second-order valence-electron chi connectivity index (χ2n) is 7.51. The van der Waals surface area contributed by atoms with Crippen LogP contribution in [0.15, 0.2) is 42.5 Å². The smallest absolute Gasteiger partial charge is 0.320 e. The van der Waals surface area contributed by atoms with Gasteiger partial charge in [-0.15, -0.1) is 10.2 Å². The van der Waals surface area contributed by atoms with E-state index in [-0.39, 0.29) is 23.0 Å². The maximum atomic E-state index is 13.0. The molecule has 1 aliphatic heterocycles. The third kappa shape index (κ3) is 4.86. The van der Waals surface area contributed by atoms with Gasteiger partial charge in [-0.05, 0) is 62.1 Å². The summed E-state index contributed by atoms with van der Waals surface area (Å²) in [6.07, 6.45) is 1.65. The predicted octanol–water partition coefficient (Wildman–Crippen LogP) is 5.43. The Kier molecular flexibility index (Phi) is 6.20. The molecule has 3 aromatic rings. The molecular formula is C22H22ClN5O2S. The van der Waals surface area contributed by atoms with Gasteiger partial charge in [-0.1, -0.05) is 41.1 Å². The third-order valence-electron chi connectivity index (χ3n) is 5.15. The van der Waals surface area contributed by atoms with Gasteiger partial charge in [-0.2, -0.15) is 0 Å². The van der Waals surface area contributed by atoms with Crippen molar-refractivity contribution in [2.75, 3.05) is 17.2 Å². The highest BCUT2D eigenvalue weighted by Gasteiger charge is 2.33. The van der Waals surface area contributed by atoms with E-state index in [2.05, 4.69) is 20.8 Å². The van der Waals surface area contributed by atoms with E-state index in [0.29, 0.717) is 22.3 Å². The van der Waals surface area contributed by atoms with Crippen LogP contribution >= 0.6 is 22.9 Å². The number of hydrogen-bond acceptors (Lipinski definition) is 5. The molecule has 0 radical (unpaired) electrons. The number of anilines is 2. The molecule has 0 spiro atoms. The molecule has 1 aromatic heterocycles. The average molecular weight is 456 g/mol. The zero-order chi connectivity index (χ0) is 22.0. The van der Waals surface area contributed by atoms with Gasteiger partial charge in [0.15, 0.2) is 0 Å². The van der Waals surface area contributed by atoms with E-state index < -0.39 is 0 Å². The summed E-state index contributed by atoms with van der Waals surface area (Å²) in [6.45, 7) is 4.59. The lowest BCUT2D eigenvalue weighted by molar-refractivity contribution is 0.102. The van der Waals surface area contributed by atoms with Gasteiger partial charge in [-0.3, -0.25) is 4.79 Å². The quantitative estimate of drug-likeness (QED) is 0.549. The molecular weight excluding hydrogens is 434 g/mol. The molecule has 0 aliphatic carbocycles. The van der Waals surface area contributed by atoms with E-state index in [1.807, 2.05) is 32.0 Å². The number of aromatic nitrogens is 2. The second-order valence-corrected chi connectivity index (χ2v) is 8.96. The molecule has 7 nitrogen and oxygen atoms in total. The SMILES string of the molecule is Cc1ccc(C)c(NC(=O)N2CCCC2c2nnc(C(=O)Nc3cccc(Cl)c3)s2)c1. The summed E-state index contributed by atoms with van der Waals surface area (Å²) in [5, 5.41) is 15.5. The molecule has 1 unspecified atom stereocenters. The van der Waals surface area contributed by atoms with Crippen molar-refractivity contribution in [3.05, 3.63) is 68.6 Å². The molecule has 1 aliphatic rings. The highest BCUT2D eigenvalue weighted by Crippen LogP contribution is 2.34. The lowest BCUT2D eigenvalue weighted by Crippen LogP contribution is -2.34. The van der Waals surface area contributed by atoms with Crippen molar-refractivity contribution in [2.24, 2.45) is 0 Å². The molecule has 0 saturated carbocycles. The first-order valence-electron chi connectivity index (χ1n) is 9.96. The number of likely N-dealkylation sites (tertiary alicyclic amines) is 1. The predicted molar refractivity (Wildman–Crippen MR) is 123 cm³/mol. The average Bonchev–Trinajstić information content (AvgIpc) is 3.40. The number of carbonyl (C=O) groups excluding carboxylic acids is 2. The Balaban J connectivity index is 1.46. The zero-order valence-electron chi connectivity index (χ0n) is 17.2. The van der Waals surface area contributed by atoms with Crippen LogP contribution in [-0.2, 0) is 0 Å². The number of hydrogen-bond donors (Lipinski definition) is 2. The van der Waals surface area contributed by atoms with Gasteiger partial charge >= 0.3 is 6.03 Å². The van der Waals surface area contributed by atoms with Crippen LogP contribution in [0.25, 0.3) is 0 Å². The molecule has 160 valence electrons. The van der Waals surface area contributed by atoms with E-state index in [1.54, 1.807) is 29.2 Å². The maximum absolute atomic E-state index is 13.0. The molecule has 1 fully saturated rings. The fourth-order valence-electron chi connectivity index (χ4n) is 3.54. The van der Waals surface area contributed by atoms with Crippen LogP contribution in [0.3, 0.4) is 0 Å². The van der Waals surface area contributed by atoms with Gasteiger partial charge in [0.05, 0.1) is 6.04 Å². The van der Waals surface area contributed by atoms with Crippen LogP contribution in [-0.4, -0.2) is 33.6 Å². The van der Waals surface area contributed by atoms with Crippen molar-refractivity contribution in [2.45, 2.75) is 32.7 Å². The number of nitrogens with one attached hydrogen (secondary N) is 2. The highest BCUT2D eigenvalue weighted by molar-refractivity contribution is 7.13. The molecule has 0 bridgehead atoms. The minimum absolute atomic E-state index is 0.170. The monoisotopic (exact) mass is 455 g/mol. The molecule has 2 heterocycles. The van der Waals surface area contributed by atoms with Gasteiger partial charge in [-0.25, -0.2) is 4.79 Å². The van der Waals surface area contributed by atoms with E-state index in [9.17, 15) is 9.59 Å². The number of amides is 3. The van der Waals surface area contributed by atoms with E-state index in [0.717, 1.165) is 29.7 Å². The van der Waals surface area contributed by atoms with Crippen molar-refractivity contribution in [1.29, 1.82) is 0 Å². The Hall–Kier alpha value is -2.97. The normalized spacial score (nSPS) is 15.7. The van der Waals surface area contributed by atoms with Crippen molar-refractivity contribution in [1.82, 2.24) is 15.1 Å². The van der Waals surface area contributed by atoms with Crippen LogP contribution in [0, 0.1) is 13.8 Å². The number of benzene rings is 2. The topological polar surface area (TPSA) is 87.2 Å². The molecule has 1 atom stereocenters. The minimum Gasteiger partial charge on any atom is -0.320 e. The fourth-order valence-corrected chi connectivity index (χ4v) is 4.61. The van der Waals surface area contributed by atoms with Crippen LogP contribution in [0.2, 0.25) is 5.02 Å². The van der Waals surface area contributed by atoms with Gasteiger partial charge in [0.25, 0.3) is 5.91 Å². The zero-order valence-corrected chi connectivity index (χ0v) is 18.8. The first kappa shape index (κ1) is 21.3. The summed E-state index contributed by atoms with van der Waals surface area (Å²) in [5.41, 5.74) is 3.48. The van der Waals surface area contributed by atoms with Crippen molar-refractivity contribution >= 4 is 46.3 Å². The summed E-state index contributed by atoms with van der Waals surface area (Å²) in [6, 6.07) is 12.5.